The Hall–Kier alpha value is -1.39. The van der Waals surface area contributed by atoms with E-state index in [2.05, 4.69) is 29.3 Å². The molecule has 1 atom stereocenters. The maximum atomic E-state index is 12.4. The van der Waals surface area contributed by atoms with Gasteiger partial charge in [-0.2, -0.15) is 4.98 Å². The molecule has 0 aliphatic heterocycles. The largest absolute Gasteiger partial charge is 0.344 e. The third-order valence-corrected chi connectivity index (χ3v) is 4.85. The average molecular weight is 305 g/mol. The van der Waals surface area contributed by atoms with Gasteiger partial charge in [-0.1, -0.05) is 38.3 Å². The van der Waals surface area contributed by atoms with Gasteiger partial charge in [-0.05, 0) is 37.5 Å². The van der Waals surface area contributed by atoms with Crippen LogP contribution in [0.25, 0.3) is 0 Å². The molecule has 3 rings (SSSR count). The summed E-state index contributed by atoms with van der Waals surface area (Å²) >= 11 is 0. The summed E-state index contributed by atoms with van der Waals surface area (Å²) in [5.74, 6) is 2.75. The van der Waals surface area contributed by atoms with Crippen LogP contribution < -0.4 is 5.32 Å². The van der Waals surface area contributed by atoms with E-state index in [4.69, 9.17) is 4.52 Å². The lowest BCUT2D eigenvalue weighted by molar-refractivity contribution is -0.123. The van der Waals surface area contributed by atoms with Crippen LogP contribution in [0.15, 0.2) is 4.52 Å². The number of aromatic nitrogens is 2. The fourth-order valence-corrected chi connectivity index (χ4v) is 3.28. The molecule has 0 aromatic carbocycles. The quantitative estimate of drug-likeness (QED) is 0.869. The van der Waals surface area contributed by atoms with Gasteiger partial charge in [0.25, 0.3) is 0 Å². The molecule has 2 aliphatic carbocycles. The molecule has 2 saturated carbocycles. The minimum atomic E-state index is -0.170. The maximum Gasteiger partial charge on any atom is 0.249 e. The molecule has 0 radical (unpaired) electrons. The Kier molecular flexibility index (Phi) is 4.79. The molecule has 1 N–H and O–H groups in total. The summed E-state index contributed by atoms with van der Waals surface area (Å²) < 4.78 is 5.40. The summed E-state index contributed by atoms with van der Waals surface area (Å²) in [6, 6.07) is -0.170. The molecule has 5 nitrogen and oxygen atoms in total. The Labute approximate surface area is 132 Å². The monoisotopic (exact) mass is 305 g/mol. The molecule has 1 aromatic rings. The first kappa shape index (κ1) is 15.5. The van der Waals surface area contributed by atoms with Gasteiger partial charge >= 0.3 is 0 Å². The smallest absolute Gasteiger partial charge is 0.249 e. The second-order valence-electron chi connectivity index (χ2n) is 7.26. The lowest BCUT2D eigenvalue weighted by Gasteiger charge is -2.23. The lowest BCUT2D eigenvalue weighted by atomic mass is 9.86. The predicted molar refractivity (Wildman–Crippen MR) is 83.2 cm³/mol. The molecule has 5 heteroatoms. The van der Waals surface area contributed by atoms with Crippen molar-refractivity contribution in [3.8, 4) is 0 Å². The molecule has 2 aliphatic rings. The zero-order valence-corrected chi connectivity index (χ0v) is 13.7. The highest BCUT2D eigenvalue weighted by molar-refractivity contribution is 5.76. The number of nitrogens with one attached hydrogen (secondary N) is 1. The van der Waals surface area contributed by atoms with E-state index in [0.29, 0.717) is 24.1 Å². The van der Waals surface area contributed by atoms with E-state index in [-0.39, 0.29) is 17.9 Å². The highest BCUT2D eigenvalue weighted by atomic mass is 16.5. The van der Waals surface area contributed by atoms with Gasteiger partial charge in [0.05, 0.1) is 0 Å². The summed E-state index contributed by atoms with van der Waals surface area (Å²) in [5, 5.41) is 7.18. The van der Waals surface area contributed by atoms with E-state index in [1.807, 2.05) is 0 Å². The standard InChI is InChI=1S/C17H27N3O2/c1-11(2)15(17-19-16(20-22-17)13-8-9-13)18-14(21)10-12-6-4-3-5-7-12/h11-13,15H,3-10H2,1-2H3,(H,18,21). The van der Waals surface area contributed by atoms with Gasteiger partial charge in [0, 0.05) is 12.3 Å². The molecule has 1 unspecified atom stereocenters. The van der Waals surface area contributed by atoms with Crippen molar-refractivity contribution in [1.29, 1.82) is 0 Å². The van der Waals surface area contributed by atoms with Crippen LogP contribution in [0.3, 0.4) is 0 Å². The van der Waals surface area contributed by atoms with Crippen LogP contribution in [0.2, 0.25) is 0 Å². The van der Waals surface area contributed by atoms with E-state index in [9.17, 15) is 4.79 Å². The average Bonchev–Trinajstić information content (AvgIpc) is 3.24. The van der Waals surface area contributed by atoms with Crippen molar-refractivity contribution >= 4 is 5.91 Å². The van der Waals surface area contributed by atoms with Crippen LogP contribution in [-0.4, -0.2) is 16.0 Å². The number of rotatable bonds is 6. The van der Waals surface area contributed by atoms with Crippen molar-refractivity contribution in [1.82, 2.24) is 15.5 Å². The van der Waals surface area contributed by atoms with Crippen molar-refractivity contribution in [2.24, 2.45) is 11.8 Å². The molecule has 0 bridgehead atoms. The summed E-state index contributed by atoms with van der Waals surface area (Å²) in [6.07, 6.45) is 9.16. The summed E-state index contributed by atoms with van der Waals surface area (Å²) in [7, 11) is 0. The zero-order valence-electron chi connectivity index (χ0n) is 13.7. The molecule has 1 aromatic heterocycles. The number of carbonyl (C=O) groups excluding carboxylic acids is 1. The van der Waals surface area contributed by atoms with E-state index in [1.54, 1.807) is 0 Å². The zero-order chi connectivity index (χ0) is 15.5. The van der Waals surface area contributed by atoms with Crippen LogP contribution in [0, 0.1) is 11.8 Å². The van der Waals surface area contributed by atoms with Gasteiger partial charge in [-0.25, -0.2) is 0 Å². The molecule has 0 saturated heterocycles. The number of hydrogen-bond acceptors (Lipinski definition) is 4. The second kappa shape index (κ2) is 6.80. The Morgan fingerprint density at radius 1 is 1.23 bits per heavy atom. The maximum absolute atomic E-state index is 12.4. The van der Waals surface area contributed by atoms with Crippen molar-refractivity contribution < 1.29 is 9.32 Å². The summed E-state index contributed by atoms with van der Waals surface area (Å²) in [4.78, 5) is 16.9. The Morgan fingerprint density at radius 2 is 1.95 bits per heavy atom. The molecule has 1 amide bonds. The van der Waals surface area contributed by atoms with Crippen LogP contribution in [-0.2, 0) is 4.79 Å². The van der Waals surface area contributed by atoms with Gasteiger partial charge in [-0.3, -0.25) is 4.79 Å². The lowest BCUT2D eigenvalue weighted by Crippen LogP contribution is -2.33. The van der Waals surface area contributed by atoms with E-state index >= 15 is 0 Å². The highest BCUT2D eigenvalue weighted by Gasteiger charge is 2.31. The Bertz CT molecular complexity index is 502. The van der Waals surface area contributed by atoms with E-state index < -0.39 is 0 Å². The first-order valence-corrected chi connectivity index (χ1v) is 8.76. The highest BCUT2D eigenvalue weighted by Crippen LogP contribution is 2.38. The molecule has 2 fully saturated rings. The van der Waals surface area contributed by atoms with Gasteiger partial charge < -0.3 is 9.84 Å². The second-order valence-corrected chi connectivity index (χ2v) is 7.26. The fraction of sp³-hybridized carbons (Fsp3) is 0.824. The van der Waals surface area contributed by atoms with Crippen LogP contribution in [0.1, 0.15) is 88.9 Å². The summed E-state index contributed by atoms with van der Waals surface area (Å²) in [6.45, 7) is 4.15. The molecule has 22 heavy (non-hydrogen) atoms. The van der Waals surface area contributed by atoms with Crippen LogP contribution >= 0.6 is 0 Å². The number of carbonyl (C=O) groups is 1. The third-order valence-electron chi connectivity index (χ3n) is 4.85. The summed E-state index contributed by atoms with van der Waals surface area (Å²) in [5.41, 5.74) is 0. The van der Waals surface area contributed by atoms with Crippen LogP contribution in [0.5, 0.6) is 0 Å². The van der Waals surface area contributed by atoms with Gasteiger partial charge in [-0.15, -0.1) is 0 Å². The molecular weight excluding hydrogens is 278 g/mol. The number of amides is 1. The SMILES string of the molecule is CC(C)C(NC(=O)CC1CCCCC1)c1nc(C2CC2)no1. The van der Waals surface area contributed by atoms with Crippen molar-refractivity contribution in [3.05, 3.63) is 11.7 Å². The molecular formula is C17H27N3O2. The van der Waals surface area contributed by atoms with Gasteiger partial charge in [0.2, 0.25) is 11.8 Å². The molecule has 122 valence electrons. The van der Waals surface area contributed by atoms with E-state index in [1.165, 1.54) is 32.1 Å². The van der Waals surface area contributed by atoms with Gasteiger partial charge in [0.1, 0.15) is 6.04 Å². The normalized spacial score (nSPS) is 21.0. The molecule has 0 spiro atoms. The topological polar surface area (TPSA) is 68.0 Å². The predicted octanol–water partition coefficient (Wildman–Crippen LogP) is 3.73. The fourth-order valence-electron chi connectivity index (χ4n) is 3.28. The van der Waals surface area contributed by atoms with Gasteiger partial charge in [0.15, 0.2) is 5.82 Å². The Balaban J connectivity index is 1.59. The molecule has 1 heterocycles. The Morgan fingerprint density at radius 3 is 2.59 bits per heavy atom. The third kappa shape index (κ3) is 3.87. The first-order valence-electron chi connectivity index (χ1n) is 8.76. The number of hydrogen-bond donors (Lipinski definition) is 1. The van der Waals surface area contributed by atoms with Crippen molar-refractivity contribution in [2.75, 3.05) is 0 Å². The van der Waals surface area contributed by atoms with Crippen molar-refractivity contribution in [3.63, 3.8) is 0 Å². The number of nitrogens with zero attached hydrogens (tertiary/aromatic N) is 2. The van der Waals surface area contributed by atoms with Crippen molar-refractivity contribution in [2.45, 2.75) is 77.2 Å². The van der Waals surface area contributed by atoms with E-state index in [0.717, 1.165) is 18.7 Å². The minimum Gasteiger partial charge on any atom is -0.344 e. The minimum absolute atomic E-state index is 0.122. The van der Waals surface area contributed by atoms with Crippen LogP contribution in [0.4, 0.5) is 0 Å². The first-order chi connectivity index (χ1) is 10.6.